The van der Waals surface area contributed by atoms with Crippen LogP contribution in [0.3, 0.4) is 0 Å². The van der Waals surface area contributed by atoms with Gasteiger partial charge in [0.05, 0.1) is 5.52 Å². The molecule has 0 aliphatic carbocycles. The summed E-state index contributed by atoms with van der Waals surface area (Å²) in [4.78, 5) is 25.9. The fourth-order valence-electron chi connectivity index (χ4n) is 2.67. The van der Waals surface area contributed by atoms with Crippen LogP contribution in [0.2, 0.25) is 0 Å². The number of hydrogen-bond donors (Lipinski definition) is 1. The summed E-state index contributed by atoms with van der Waals surface area (Å²) in [6.07, 6.45) is 1.51. The minimum Gasteiger partial charge on any atom is -0.408 e. The van der Waals surface area contributed by atoms with Crippen molar-refractivity contribution < 1.29 is 9.21 Å². The van der Waals surface area contributed by atoms with Crippen molar-refractivity contribution >= 4 is 16.9 Å². The molecule has 0 radical (unpaired) electrons. The second kappa shape index (κ2) is 5.27. The van der Waals surface area contributed by atoms with Crippen LogP contribution in [0, 0.1) is 11.3 Å². The molecule has 4 heteroatoms. The SMILES string of the molecule is CC(CC(=O)c1ccc2[nH]c(=O)oc2c1)CC(C)(C)C. The molecule has 2 rings (SSSR count). The second-order valence-corrected chi connectivity index (χ2v) is 6.72. The third-order valence-electron chi connectivity index (χ3n) is 3.24. The number of Topliss-reactive ketones (excluding diaryl/α,β-unsaturated/α-hetero) is 1. The average molecular weight is 275 g/mol. The van der Waals surface area contributed by atoms with Gasteiger partial charge in [0.1, 0.15) is 0 Å². The van der Waals surface area contributed by atoms with Gasteiger partial charge in [-0.2, -0.15) is 0 Å². The van der Waals surface area contributed by atoms with Crippen molar-refractivity contribution in [1.82, 2.24) is 4.98 Å². The molecule has 1 unspecified atom stereocenters. The third-order valence-corrected chi connectivity index (χ3v) is 3.24. The van der Waals surface area contributed by atoms with E-state index < -0.39 is 5.76 Å². The lowest BCUT2D eigenvalue weighted by molar-refractivity contribution is 0.0954. The smallest absolute Gasteiger partial charge is 0.408 e. The molecule has 0 saturated heterocycles. The average Bonchev–Trinajstić information content (AvgIpc) is 2.64. The van der Waals surface area contributed by atoms with Crippen LogP contribution in [0.1, 0.15) is 50.9 Å². The summed E-state index contributed by atoms with van der Waals surface area (Å²) in [6.45, 7) is 8.62. The van der Waals surface area contributed by atoms with Crippen molar-refractivity contribution in [3.63, 3.8) is 0 Å². The summed E-state index contributed by atoms with van der Waals surface area (Å²) < 4.78 is 4.98. The maximum absolute atomic E-state index is 12.3. The quantitative estimate of drug-likeness (QED) is 0.864. The zero-order valence-corrected chi connectivity index (χ0v) is 12.4. The highest BCUT2D eigenvalue weighted by molar-refractivity contribution is 5.98. The zero-order chi connectivity index (χ0) is 14.9. The van der Waals surface area contributed by atoms with E-state index in [0.717, 1.165) is 6.42 Å². The van der Waals surface area contributed by atoms with E-state index >= 15 is 0 Å². The summed E-state index contributed by atoms with van der Waals surface area (Å²) in [6, 6.07) is 5.08. The van der Waals surface area contributed by atoms with E-state index in [1.165, 1.54) is 0 Å². The van der Waals surface area contributed by atoms with E-state index in [2.05, 4.69) is 32.7 Å². The van der Waals surface area contributed by atoms with Crippen LogP contribution in [-0.4, -0.2) is 10.8 Å². The fourth-order valence-corrected chi connectivity index (χ4v) is 2.67. The first-order valence-electron chi connectivity index (χ1n) is 6.91. The summed E-state index contributed by atoms with van der Waals surface area (Å²) in [7, 11) is 0. The predicted octanol–water partition coefficient (Wildman–Crippen LogP) is 3.77. The molecule has 1 aromatic heterocycles. The molecule has 0 fully saturated rings. The summed E-state index contributed by atoms with van der Waals surface area (Å²) in [5.41, 5.74) is 1.87. The number of hydrogen-bond acceptors (Lipinski definition) is 3. The number of aromatic amines is 1. The molecule has 1 N–H and O–H groups in total. The number of fused-ring (bicyclic) bond motifs is 1. The maximum Gasteiger partial charge on any atom is 0.417 e. The highest BCUT2D eigenvalue weighted by atomic mass is 16.4. The Hall–Kier alpha value is -1.84. The molecule has 0 saturated carbocycles. The molecule has 108 valence electrons. The van der Waals surface area contributed by atoms with Gasteiger partial charge in [-0.05, 0) is 36.0 Å². The van der Waals surface area contributed by atoms with Gasteiger partial charge in [-0.1, -0.05) is 27.7 Å². The van der Waals surface area contributed by atoms with Crippen molar-refractivity contribution in [3.05, 3.63) is 34.3 Å². The molecule has 1 atom stereocenters. The molecular formula is C16H21NO3. The first-order valence-corrected chi connectivity index (χ1v) is 6.91. The van der Waals surface area contributed by atoms with Crippen molar-refractivity contribution in [2.45, 2.75) is 40.5 Å². The lowest BCUT2D eigenvalue weighted by Gasteiger charge is -2.22. The van der Waals surface area contributed by atoms with Crippen LogP contribution in [0.15, 0.2) is 27.4 Å². The molecule has 0 bridgehead atoms. The van der Waals surface area contributed by atoms with Crippen molar-refractivity contribution in [2.75, 3.05) is 0 Å². The lowest BCUT2D eigenvalue weighted by atomic mass is 9.83. The Morgan fingerprint density at radius 3 is 2.70 bits per heavy atom. The van der Waals surface area contributed by atoms with Gasteiger partial charge < -0.3 is 4.42 Å². The van der Waals surface area contributed by atoms with Gasteiger partial charge in [0, 0.05) is 12.0 Å². The van der Waals surface area contributed by atoms with Crippen LogP contribution in [-0.2, 0) is 0 Å². The van der Waals surface area contributed by atoms with Gasteiger partial charge in [0.2, 0.25) is 0 Å². The molecule has 0 aliphatic heterocycles. The fraction of sp³-hybridized carbons (Fsp3) is 0.500. The standard InChI is InChI=1S/C16H21NO3/c1-10(9-16(2,3)4)7-13(18)11-5-6-12-14(8-11)20-15(19)17-12/h5-6,8,10H,7,9H2,1-4H3,(H,17,19). The molecule has 0 aliphatic rings. The van der Waals surface area contributed by atoms with Crippen LogP contribution in [0.5, 0.6) is 0 Å². The lowest BCUT2D eigenvalue weighted by Crippen LogP contribution is -2.14. The number of carbonyl (C=O) groups is 1. The minimum absolute atomic E-state index is 0.0903. The Kier molecular flexibility index (Phi) is 3.84. The zero-order valence-electron chi connectivity index (χ0n) is 12.4. The number of ketones is 1. The minimum atomic E-state index is -0.495. The van der Waals surface area contributed by atoms with Gasteiger partial charge in [-0.25, -0.2) is 4.79 Å². The molecule has 0 amide bonds. The number of oxazole rings is 1. The molecule has 2 aromatic rings. The molecule has 20 heavy (non-hydrogen) atoms. The Morgan fingerprint density at radius 2 is 2.05 bits per heavy atom. The largest absolute Gasteiger partial charge is 0.417 e. The summed E-state index contributed by atoms with van der Waals surface area (Å²) in [5.74, 6) is -0.0744. The number of carbonyl (C=O) groups excluding carboxylic acids is 1. The van der Waals surface area contributed by atoms with E-state index in [1.54, 1.807) is 18.2 Å². The van der Waals surface area contributed by atoms with Crippen LogP contribution in [0.25, 0.3) is 11.1 Å². The predicted molar refractivity (Wildman–Crippen MR) is 79.0 cm³/mol. The number of nitrogens with one attached hydrogen (secondary N) is 1. The van der Waals surface area contributed by atoms with Crippen molar-refractivity contribution in [2.24, 2.45) is 11.3 Å². The monoisotopic (exact) mass is 275 g/mol. The van der Waals surface area contributed by atoms with Gasteiger partial charge in [0.25, 0.3) is 0 Å². The van der Waals surface area contributed by atoms with E-state index in [0.29, 0.717) is 29.0 Å². The van der Waals surface area contributed by atoms with E-state index in [-0.39, 0.29) is 11.2 Å². The van der Waals surface area contributed by atoms with Crippen LogP contribution in [0.4, 0.5) is 0 Å². The Morgan fingerprint density at radius 1 is 1.35 bits per heavy atom. The first-order chi connectivity index (χ1) is 9.24. The first kappa shape index (κ1) is 14.6. The number of H-pyrrole nitrogens is 1. The summed E-state index contributed by atoms with van der Waals surface area (Å²) >= 11 is 0. The Labute approximate surface area is 118 Å². The van der Waals surface area contributed by atoms with Crippen LogP contribution >= 0.6 is 0 Å². The van der Waals surface area contributed by atoms with Crippen LogP contribution < -0.4 is 5.76 Å². The second-order valence-electron chi connectivity index (χ2n) is 6.72. The van der Waals surface area contributed by atoms with Gasteiger partial charge in [-0.3, -0.25) is 9.78 Å². The molecular weight excluding hydrogens is 254 g/mol. The van der Waals surface area contributed by atoms with Crippen molar-refractivity contribution in [1.29, 1.82) is 0 Å². The Balaban J connectivity index is 2.13. The number of aromatic nitrogens is 1. The highest BCUT2D eigenvalue weighted by Crippen LogP contribution is 2.27. The normalized spacial score (nSPS) is 13.6. The van der Waals surface area contributed by atoms with E-state index in [4.69, 9.17) is 4.42 Å². The number of benzene rings is 1. The molecule has 1 aromatic carbocycles. The van der Waals surface area contributed by atoms with Gasteiger partial charge in [0.15, 0.2) is 11.4 Å². The summed E-state index contributed by atoms with van der Waals surface area (Å²) in [5, 5.41) is 0. The highest BCUT2D eigenvalue weighted by Gasteiger charge is 2.19. The van der Waals surface area contributed by atoms with Crippen molar-refractivity contribution in [3.8, 4) is 0 Å². The Bertz CT molecular complexity index is 673. The topological polar surface area (TPSA) is 63.1 Å². The third kappa shape index (κ3) is 3.59. The van der Waals surface area contributed by atoms with E-state index in [1.807, 2.05) is 0 Å². The maximum atomic E-state index is 12.3. The number of rotatable bonds is 4. The molecule has 4 nitrogen and oxygen atoms in total. The molecule has 0 spiro atoms. The van der Waals surface area contributed by atoms with Gasteiger partial charge in [-0.15, -0.1) is 0 Å². The van der Waals surface area contributed by atoms with E-state index in [9.17, 15) is 9.59 Å². The van der Waals surface area contributed by atoms with Gasteiger partial charge >= 0.3 is 5.76 Å². The molecule has 1 heterocycles.